The van der Waals surface area contributed by atoms with Gasteiger partial charge in [0.1, 0.15) is 12.4 Å². The molecule has 2 aromatic heterocycles. The first-order valence-corrected chi connectivity index (χ1v) is 9.45. The Bertz CT molecular complexity index is 1310. The van der Waals surface area contributed by atoms with Gasteiger partial charge in [0.15, 0.2) is 11.5 Å². The van der Waals surface area contributed by atoms with Gasteiger partial charge in [-0.3, -0.25) is 9.89 Å². The van der Waals surface area contributed by atoms with Crippen molar-refractivity contribution in [2.24, 2.45) is 5.73 Å². The molecular formula is C21H19N7O2. The first-order chi connectivity index (χ1) is 14.5. The molecular weight excluding hydrogens is 382 g/mol. The Balaban J connectivity index is 1.82. The molecule has 1 aliphatic heterocycles. The van der Waals surface area contributed by atoms with Gasteiger partial charge in [0.25, 0.3) is 5.91 Å². The van der Waals surface area contributed by atoms with Crippen LogP contribution in [0.1, 0.15) is 16.1 Å². The number of hydrogen-bond acceptors (Lipinski definition) is 7. The van der Waals surface area contributed by atoms with Crippen LogP contribution >= 0.6 is 0 Å². The van der Waals surface area contributed by atoms with Gasteiger partial charge in [-0.2, -0.15) is 5.10 Å². The highest BCUT2D eigenvalue weighted by molar-refractivity contribution is 6.04. The second-order valence-electron chi connectivity index (χ2n) is 7.06. The number of nitrogen functional groups attached to an aromatic ring is 1. The molecule has 3 heterocycles. The van der Waals surface area contributed by atoms with E-state index in [1.807, 2.05) is 37.3 Å². The molecule has 9 nitrogen and oxygen atoms in total. The molecule has 0 radical (unpaired) electrons. The van der Waals surface area contributed by atoms with Gasteiger partial charge in [-0.15, -0.1) is 0 Å². The number of anilines is 2. The highest BCUT2D eigenvalue weighted by Crippen LogP contribution is 2.39. The highest BCUT2D eigenvalue weighted by Gasteiger charge is 2.23. The maximum Gasteiger partial charge on any atom is 0.269 e. The SMILES string of the molecule is Cc1ccc2[nH]ncc2c1-c1nc(-c2cccc3c2NCCO3)nc(C(N)=O)c1N. The van der Waals surface area contributed by atoms with Crippen LogP contribution in [0.2, 0.25) is 0 Å². The van der Waals surface area contributed by atoms with Crippen molar-refractivity contribution < 1.29 is 9.53 Å². The quantitative estimate of drug-likeness (QED) is 0.413. The predicted octanol–water partition coefficient (Wildman–Crippen LogP) is 2.48. The second-order valence-corrected chi connectivity index (χ2v) is 7.06. The van der Waals surface area contributed by atoms with Gasteiger partial charge in [-0.25, -0.2) is 9.97 Å². The van der Waals surface area contributed by atoms with Crippen LogP contribution in [0, 0.1) is 6.92 Å². The molecule has 30 heavy (non-hydrogen) atoms. The molecule has 5 rings (SSSR count). The van der Waals surface area contributed by atoms with E-state index in [9.17, 15) is 4.79 Å². The molecule has 2 aromatic carbocycles. The van der Waals surface area contributed by atoms with Crippen molar-refractivity contribution in [2.75, 3.05) is 24.2 Å². The molecule has 9 heteroatoms. The molecule has 0 atom stereocenters. The number of hydrogen-bond donors (Lipinski definition) is 4. The van der Waals surface area contributed by atoms with E-state index in [-0.39, 0.29) is 11.4 Å². The average Bonchev–Trinajstić information content (AvgIpc) is 3.22. The molecule has 0 unspecified atom stereocenters. The maximum absolute atomic E-state index is 12.2. The summed E-state index contributed by atoms with van der Waals surface area (Å²) in [6, 6.07) is 9.47. The monoisotopic (exact) mass is 401 g/mol. The molecule has 4 aromatic rings. The summed E-state index contributed by atoms with van der Waals surface area (Å²) in [5.74, 6) is 0.320. The van der Waals surface area contributed by atoms with E-state index in [1.54, 1.807) is 6.20 Å². The predicted molar refractivity (Wildman–Crippen MR) is 114 cm³/mol. The van der Waals surface area contributed by atoms with Gasteiger partial charge in [0, 0.05) is 23.1 Å². The summed E-state index contributed by atoms with van der Waals surface area (Å²) in [5.41, 5.74) is 16.5. The zero-order chi connectivity index (χ0) is 20.8. The lowest BCUT2D eigenvalue weighted by molar-refractivity contribution is 0.0996. The fourth-order valence-corrected chi connectivity index (χ4v) is 3.77. The molecule has 0 saturated carbocycles. The van der Waals surface area contributed by atoms with Crippen molar-refractivity contribution in [1.29, 1.82) is 0 Å². The minimum Gasteiger partial charge on any atom is -0.490 e. The molecule has 150 valence electrons. The number of nitrogens with two attached hydrogens (primary N) is 2. The van der Waals surface area contributed by atoms with Crippen LogP contribution in [-0.2, 0) is 0 Å². The number of amides is 1. The van der Waals surface area contributed by atoms with Crippen molar-refractivity contribution in [2.45, 2.75) is 6.92 Å². The van der Waals surface area contributed by atoms with Gasteiger partial charge >= 0.3 is 0 Å². The second kappa shape index (κ2) is 6.73. The lowest BCUT2D eigenvalue weighted by atomic mass is 9.99. The number of aromatic amines is 1. The summed E-state index contributed by atoms with van der Waals surface area (Å²) in [7, 11) is 0. The zero-order valence-electron chi connectivity index (χ0n) is 16.2. The molecule has 0 bridgehead atoms. The number of rotatable bonds is 3. The number of aryl methyl sites for hydroxylation is 1. The fourth-order valence-electron chi connectivity index (χ4n) is 3.77. The van der Waals surface area contributed by atoms with Crippen molar-refractivity contribution >= 4 is 28.2 Å². The summed E-state index contributed by atoms with van der Waals surface area (Å²) in [6.07, 6.45) is 1.71. The van der Waals surface area contributed by atoms with Crippen LogP contribution in [0.25, 0.3) is 33.5 Å². The summed E-state index contributed by atoms with van der Waals surface area (Å²) in [5, 5.41) is 11.2. The third-order valence-corrected chi connectivity index (χ3v) is 5.18. The number of nitrogens with zero attached hydrogens (tertiary/aromatic N) is 3. The van der Waals surface area contributed by atoms with Gasteiger partial charge in [-0.05, 0) is 30.7 Å². The van der Waals surface area contributed by atoms with E-state index in [1.165, 1.54) is 0 Å². The Morgan fingerprint density at radius 2 is 2.07 bits per heavy atom. The van der Waals surface area contributed by atoms with Gasteiger partial charge in [0.05, 0.1) is 28.8 Å². The lowest BCUT2D eigenvalue weighted by Gasteiger charge is -2.22. The van der Waals surface area contributed by atoms with Gasteiger partial charge in [0.2, 0.25) is 0 Å². The molecule has 1 aliphatic rings. The normalized spacial score (nSPS) is 12.8. The first-order valence-electron chi connectivity index (χ1n) is 9.45. The van der Waals surface area contributed by atoms with Gasteiger partial charge < -0.3 is 21.5 Å². The summed E-state index contributed by atoms with van der Waals surface area (Å²) < 4.78 is 5.72. The van der Waals surface area contributed by atoms with Crippen molar-refractivity contribution in [1.82, 2.24) is 20.2 Å². The molecule has 0 saturated heterocycles. The summed E-state index contributed by atoms with van der Waals surface area (Å²) in [6.45, 7) is 3.17. The topological polar surface area (TPSA) is 145 Å². The van der Waals surface area contributed by atoms with Crippen LogP contribution in [0.15, 0.2) is 36.5 Å². The number of H-pyrrole nitrogens is 1. The average molecular weight is 401 g/mol. The largest absolute Gasteiger partial charge is 0.490 e. The van der Waals surface area contributed by atoms with Crippen molar-refractivity contribution in [3.05, 3.63) is 47.8 Å². The van der Waals surface area contributed by atoms with E-state index in [2.05, 4.69) is 20.5 Å². The Hall–Kier alpha value is -4.14. The van der Waals surface area contributed by atoms with Crippen LogP contribution in [0.3, 0.4) is 0 Å². The summed E-state index contributed by atoms with van der Waals surface area (Å²) >= 11 is 0. The maximum atomic E-state index is 12.2. The Kier molecular flexibility index (Phi) is 4.02. The Labute approximate surface area is 171 Å². The molecule has 0 spiro atoms. The molecule has 1 amide bonds. The van der Waals surface area contributed by atoms with Crippen LogP contribution in [0.4, 0.5) is 11.4 Å². The van der Waals surface area contributed by atoms with E-state index in [4.69, 9.17) is 21.2 Å². The van der Waals surface area contributed by atoms with Crippen LogP contribution < -0.4 is 21.5 Å². The standard InChI is InChI=1S/C21H19N7O2/c1-10-5-6-13-12(9-25-28-13)15(10)18-16(22)19(20(23)29)27-21(26-18)11-3-2-4-14-17(11)24-7-8-30-14/h2-6,9,24H,7-8,22H2,1H3,(H2,23,29)(H,25,28). The number of nitrogens with one attached hydrogen (secondary N) is 2. The molecule has 6 N–H and O–H groups in total. The van der Waals surface area contributed by atoms with Crippen molar-refractivity contribution in [3.63, 3.8) is 0 Å². The smallest absolute Gasteiger partial charge is 0.269 e. The zero-order valence-corrected chi connectivity index (χ0v) is 16.2. The fraction of sp³-hybridized carbons (Fsp3) is 0.143. The number of primary amides is 1. The van der Waals surface area contributed by atoms with E-state index >= 15 is 0 Å². The third-order valence-electron chi connectivity index (χ3n) is 5.18. The minimum atomic E-state index is -0.719. The van der Waals surface area contributed by atoms with E-state index < -0.39 is 5.91 Å². The van der Waals surface area contributed by atoms with Gasteiger partial charge in [-0.1, -0.05) is 12.1 Å². The Morgan fingerprint density at radius 3 is 2.90 bits per heavy atom. The molecule has 0 fully saturated rings. The highest BCUT2D eigenvalue weighted by atomic mass is 16.5. The van der Waals surface area contributed by atoms with Crippen molar-refractivity contribution in [3.8, 4) is 28.4 Å². The number of ether oxygens (including phenoxy) is 1. The number of benzene rings is 2. The number of carbonyl (C=O) groups excluding carboxylic acids is 1. The number of fused-ring (bicyclic) bond motifs is 2. The molecule has 0 aliphatic carbocycles. The van der Waals surface area contributed by atoms with Crippen LogP contribution in [-0.4, -0.2) is 39.2 Å². The number of para-hydroxylation sites is 1. The number of carbonyl (C=O) groups is 1. The van der Waals surface area contributed by atoms with Crippen LogP contribution in [0.5, 0.6) is 5.75 Å². The van der Waals surface area contributed by atoms with E-state index in [0.29, 0.717) is 36.0 Å². The Morgan fingerprint density at radius 1 is 1.20 bits per heavy atom. The van der Waals surface area contributed by atoms with E-state index in [0.717, 1.165) is 27.7 Å². The minimum absolute atomic E-state index is 0.0239. The third kappa shape index (κ3) is 2.71. The number of aromatic nitrogens is 4. The lowest BCUT2D eigenvalue weighted by Crippen LogP contribution is -2.20. The first kappa shape index (κ1) is 17.9. The summed E-state index contributed by atoms with van der Waals surface area (Å²) in [4.78, 5) is 21.3.